The quantitative estimate of drug-likeness (QED) is 0.181. The zero-order valence-corrected chi connectivity index (χ0v) is 27.3. The van der Waals surface area contributed by atoms with Gasteiger partial charge in [0, 0.05) is 12.5 Å². The number of hydrogen-bond donors (Lipinski definition) is 1. The van der Waals surface area contributed by atoms with Crippen molar-refractivity contribution >= 4 is 12.0 Å². The Morgan fingerprint density at radius 1 is 1.05 bits per heavy atom. The average Bonchev–Trinajstić information content (AvgIpc) is 3.32. The number of benzene rings is 1. The Kier molecular flexibility index (Phi) is 9.22. The van der Waals surface area contributed by atoms with E-state index in [4.69, 9.17) is 9.47 Å². The van der Waals surface area contributed by atoms with Crippen LogP contribution in [0.4, 0.5) is 0 Å². The second-order valence-electron chi connectivity index (χ2n) is 15.3. The van der Waals surface area contributed by atoms with Crippen LogP contribution in [0.15, 0.2) is 35.9 Å². The number of ether oxygens (including phenoxy) is 2. The lowest BCUT2D eigenvalue weighted by atomic mass is 9.47. The van der Waals surface area contributed by atoms with Crippen molar-refractivity contribution in [2.24, 2.45) is 52.3 Å². The molecule has 1 aromatic carbocycles. The molecule has 42 heavy (non-hydrogen) atoms. The topological polar surface area (TPSA) is 55.8 Å². The number of carbonyl (C=O) groups is 1. The fourth-order valence-electron chi connectivity index (χ4n) is 9.93. The molecule has 5 rings (SSSR count). The molecule has 4 nitrogen and oxygen atoms in total. The summed E-state index contributed by atoms with van der Waals surface area (Å²) < 4.78 is 11.1. The van der Waals surface area contributed by atoms with E-state index in [1.165, 1.54) is 58.1 Å². The summed E-state index contributed by atoms with van der Waals surface area (Å²) in [6.07, 6.45) is 18.3. The first kappa shape index (κ1) is 31.2. The first-order chi connectivity index (χ1) is 20.0. The molecule has 0 amide bonds. The first-order valence-electron chi connectivity index (χ1n) is 16.9. The van der Waals surface area contributed by atoms with Crippen molar-refractivity contribution in [2.75, 3.05) is 7.11 Å². The van der Waals surface area contributed by atoms with Gasteiger partial charge in [0.1, 0.15) is 6.10 Å². The van der Waals surface area contributed by atoms with Crippen LogP contribution in [0.1, 0.15) is 111 Å². The van der Waals surface area contributed by atoms with Gasteiger partial charge in [0.25, 0.3) is 0 Å². The molecule has 4 aliphatic carbocycles. The molecule has 0 heterocycles. The van der Waals surface area contributed by atoms with Crippen LogP contribution < -0.4 is 4.74 Å². The predicted molar refractivity (Wildman–Crippen MR) is 171 cm³/mol. The smallest absolute Gasteiger partial charge is 0.331 e. The molecule has 0 radical (unpaired) electrons. The lowest BCUT2D eigenvalue weighted by molar-refractivity contribution is -0.145. The largest absolute Gasteiger partial charge is 0.504 e. The monoisotopic (exact) mass is 576 g/mol. The van der Waals surface area contributed by atoms with Crippen molar-refractivity contribution in [3.8, 4) is 11.5 Å². The summed E-state index contributed by atoms with van der Waals surface area (Å²) in [5.74, 6) is 5.94. The molecule has 0 bridgehead atoms. The number of esters is 1. The highest BCUT2D eigenvalue weighted by Gasteiger charge is 2.59. The van der Waals surface area contributed by atoms with E-state index in [2.05, 4.69) is 47.6 Å². The summed E-state index contributed by atoms with van der Waals surface area (Å²) in [5, 5.41) is 9.81. The van der Waals surface area contributed by atoms with Crippen LogP contribution in [0.25, 0.3) is 6.08 Å². The predicted octanol–water partition coefficient (Wildman–Crippen LogP) is 9.61. The van der Waals surface area contributed by atoms with Gasteiger partial charge in [-0.2, -0.15) is 0 Å². The van der Waals surface area contributed by atoms with E-state index < -0.39 is 0 Å². The molecule has 0 aliphatic heterocycles. The summed E-state index contributed by atoms with van der Waals surface area (Å²) >= 11 is 0. The summed E-state index contributed by atoms with van der Waals surface area (Å²) in [5.41, 5.74) is 3.09. The third kappa shape index (κ3) is 5.93. The van der Waals surface area contributed by atoms with E-state index in [-0.39, 0.29) is 23.2 Å². The summed E-state index contributed by atoms with van der Waals surface area (Å²) in [6.45, 7) is 15.0. The zero-order chi connectivity index (χ0) is 30.2. The van der Waals surface area contributed by atoms with E-state index >= 15 is 0 Å². The maximum absolute atomic E-state index is 12.7. The summed E-state index contributed by atoms with van der Waals surface area (Å²) in [6, 6.07) is 5.04. The van der Waals surface area contributed by atoms with Crippen LogP contribution in [-0.2, 0) is 9.53 Å². The highest BCUT2D eigenvalue weighted by Crippen LogP contribution is 2.67. The lowest BCUT2D eigenvalue weighted by Crippen LogP contribution is -2.51. The van der Waals surface area contributed by atoms with E-state index in [0.717, 1.165) is 66.3 Å². The number of hydrogen-bond acceptors (Lipinski definition) is 4. The molecule has 4 heteroatoms. The number of rotatable bonds is 9. The Morgan fingerprint density at radius 2 is 1.83 bits per heavy atom. The van der Waals surface area contributed by atoms with Crippen molar-refractivity contribution in [1.29, 1.82) is 0 Å². The van der Waals surface area contributed by atoms with Crippen molar-refractivity contribution < 1.29 is 19.4 Å². The van der Waals surface area contributed by atoms with Gasteiger partial charge in [-0.1, -0.05) is 72.1 Å². The molecule has 1 N–H and O–H groups in total. The van der Waals surface area contributed by atoms with Gasteiger partial charge < -0.3 is 14.6 Å². The number of methoxy groups -OCH3 is 1. The molecule has 3 fully saturated rings. The molecule has 9 atom stereocenters. The second-order valence-corrected chi connectivity index (χ2v) is 15.3. The fraction of sp³-hybridized carbons (Fsp3) is 0.711. The van der Waals surface area contributed by atoms with Gasteiger partial charge in [0.05, 0.1) is 7.11 Å². The average molecular weight is 577 g/mol. The maximum atomic E-state index is 12.7. The zero-order valence-electron chi connectivity index (χ0n) is 27.3. The molecule has 4 aliphatic rings. The molecule has 1 aromatic rings. The third-order valence-corrected chi connectivity index (χ3v) is 12.9. The van der Waals surface area contributed by atoms with Crippen molar-refractivity contribution in [3.05, 3.63) is 41.5 Å². The van der Waals surface area contributed by atoms with Gasteiger partial charge in [0.2, 0.25) is 0 Å². The third-order valence-electron chi connectivity index (χ3n) is 12.9. The van der Waals surface area contributed by atoms with Gasteiger partial charge in [-0.05, 0) is 121 Å². The molecule has 3 saturated carbocycles. The number of fused-ring (bicyclic) bond motifs is 5. The van der Waals surface area contributed by atoms with Crippen molar-refractivity contribution in [3.63, 3.8) is 0 Å². The Labute approximate surface area is 255 Å². The van der Waals surface area contributed by atoms with Crippen molar-refractivity contribution in [1.82, 2.24) is 0 Å². The fourth-order valence-corrected chi connectivity index (χ4v) is 9.93. The number of allylic oxidation sites excluding steroid dienone is 1. The molecule has 0 spiro atoms. The van der Waals surface area contributed by atoms with E-state index in [1.54, 1.807) is 29.8 Å². The highest BCUT2D eigenvalue weighted by molar-refractivity contribution is 5.87. The van der Waals surface area contributed by atoms with Crippen LogP contribution in [0, 0.1) is 52.3 Å². The van der Waals surface area contributed by atoms with Crippen molar-refractivity contribution in [2.45, 2.75) is 112 Å². The van der Waals surface area contributed by atoms with Gasteiger partial charge >= 0.3 is 5.97 Å². The SMILES string of the molecule is COc1cc(/C=C\C(=O)OC2CCC3(C)C(=CCC4C3CCC3(C)C(C(C)CCC(C)C(C)C)CCC43)C2)ccc1O. The van der Waals surface area contributed by atoms with Crippen LogP contribution in [0.3, 0.4) is 0 Å². The van der Waals surface area contributed by atoms with E-state index in [9.17, 15) is 9.90 Å². The normalized spacial score (nSPS) is 35.6. The van der Waals surface area contributed by atoms with Crippen LogP contribution in [0.2, 0.25) is 0 Å². The van der Waals surface area contributed by atoms with E-state index in [1.807, 2.05) is 0 Å². The van der Waals surface area contributed by atoms with Gasteiger partial charge in [-0.25, -0.2) is 4.79 Å². The molecule has 232 valence electrons. The molecule has 9 unspecified atom stereocenters. The van der Waals surface area contributed by atoms with Crippen LogP contribution >= 0.6 is 0 Å². The van der Waals surface area contributed by atoms with Gasteiger partial charge in [-0.3, -0.25) is 0 Å². The Balaban J connectivity index is 1.21. The summed E-state index contributed by atoms with van der Waals surface area (Å²) in [4.78, 5) is 12.7. The summed E-state index contributed by atoms with van der Waals surface area (Å²) in [7, 11) is 1.52. The van der Waals surface area contributed by atoms with Crippen LogP contribution in [-0.4, -0.2) is 24.3 Å². The number of aromatic hydroxyl groups is 1. The molecular weight excluding hydrogens is 520 g/mol. The Bertz CT molecular complexity index is 1180. The number of carbonyl (C=O) groups excluding carboxylic acids is 1. The highest BCUT2D eigenvalue weighted by atomic mass is 16.5. The van der Waals surface area contributed by atoms with Gasteiger partial charge in [-0.15, -0.1) is 0 Å². The number of phenolic OH excluding ortho intramolecular Hbond substituents is 1. The minimum atomic E-state index is -0.299. The van der Waals surface area contributed by atoms with Gasteiger partial charge in [0.15, 0.2) is 11.5 Å². The second kappa shape index (κ2) is 12.4. The maximum Gasteiger partial charge on any atom is 0.331 e. The molecule has 0 aromatic heterocycles. The minimum Gasteiger partial charge on any atom is -0.504 e. The van der Waals surface area contributed by atoms with E-state index in [0.29, 0.717) is 11.2 Å². The number of phenols is 1. The molecular formula is C38H56O4. The minimum absolute atomic E-state index is 0.0498. The molecule has 0 saturated heterocycles. The first-order valence-corrected chi connectivity index (χ1v) is 16.9. The standard InChI is InChI=1S/C38H56O4/c1-24(2)25(3)8-9-26(4)31-14-15-32-30-13-12-28-23-29(18-20-37(28,5)33(30)19-21-38(31,32)6)42-36(40)17-11-27-10-16-34(39)35(22-27)41-7/h10-12,16-17,22,24-26,29-33,39H,8-9,13-15,18-21,23H2,1-7H3/b17-11-. The Morgan fingerprint density at radius 3 is 2.57 bits per heavy atom. The Hall–Kier alpha value is -2.23. The lowest BCUT2D eigenvalue weighted by Gasteiger charge is -2.58. The van der Waals surface area contributed by atoms with Crippen LogP contribution in [0.5, 0.6) is 11.5 Å².